The third kappa shape index (κ3) is 4.55. The fourth-order valence-electron chi connectivity index (χ4n) is 4.97. The Balaban J connectivity index is 1.50. The lowest BCUT2D eigenvalue weighted by Gasteiger charge is -2.39. The molecule has 2 aromatic carbocycles. The highest BCUT2D eigenvalue weighted by atomic mass is 35.5. The van der Waals surface area contributed by atoms with Gasteiger partial charge in [-0.05, 0) is 86.8 Å². The van der Waals surface area contributed by atoms with E-state index in [2.05, 4.69) is 4.98 Å². The maximum Gasteiger partial charge on any atom is 0.274 e. The summed E-state index contributed by atoms with van der Waals surface area (Å²) in [5.74, 6) is 0.308. The number of fused-ring (bicyclic) bond motifs is 1. The maximum atomic E-state index is 13.8. The van der Waals surface area contributed by atoms with E-state index in [9.17, 15) is 14.5 Å². The molecule has 1 saturated carbocycles. The monoisotopic (exact) mass is 441 g/mol. The third-order valence-electron chi connectivity index (χ3n) is 6.65. The van der Waals surface area contributed by atoms with E-state index >= 15 is 0 Å². The van der Waals surface area contributed by atoms with E-state index in [4.69, 9.17) is 17.3 Å². The molecule has 31 heavy (non-hydrogen) atoms. The van der Waals surface area contributed by atoms with Gasteiger partial charge in [-0.2, -0.15) is 0 Å². The smallest absolute Gasteiger partial charge is 0.274 e. The van der Waals surface area contributed by atoms with Crippen molar-refractivity contribution >= 4 is 28.2 Å². The van der Waals surface area contributed by atoms with Gasteiger partial charge in [-0.15, -0.1) is 0 Å². The minimum absolute atomic E-state index is 0.0168. The molecule has 7 heteroatoms. The normalized spacial score (nSPS) is 21.0. The molecule has 1 aromatic heterocycles. The van der Waals surface area contributed by atoms with Gasteiger partial charge in [-0.1, -0.05) is 17.7 Å². The Morgan fingerprint density at radius 3 is 2.65 bits per heavy atom. The molecule has 162 valence electrons. The second-order valence-electron chi connectivity index (χ2n) is 8.82. The number of pyridine rings is 1. The number of rotatable bonds is 5. The van der Waals surface area contributed by atoms with E-state index in [-0.39, 0.29) is 17.4 Å². The summed E-state index contributed by atoms with van der Waals surface area (Å²) in [5.41, 5.74) is 8.70. The van der Waals surface area contributed by atoms with Gasteiger partial charge in [0.1, 0.15) is 5.82 Å². The predicted octanol–water partition coefficient (Wildman–Crippen LogP) is 6.17. The van der Waals surface area contributed by atoms with E-state index in [0.717, 1.165) is 42.1 Å². The quantitative estimate of drug-likeness (QED) is 0.379. The van der Waals surface area contributed by atoms with E-state index in [1.54, 1.807) is 30.5 Å². The van der Waals surface area contributed by atoms with Gasteiger partial charge in [0.25, 0.3) is 5.69 Å². The Labute approximate surface area is 185 Å². The van der Waals surface area contributed by atoms with Crippen LogP contribution in [0, 0.1) is 21.8 Å². The Morgan fingerprint density at radius 1 is 1.19 bits per heavy atom. The molecule has 0 aliphatic heterocycles. The lowest BCUT2D eigenvalue weighted by molar-refractivity contribution is -0.385. The first-order valence-corrected chi connectivity index (χ1v) is 10.9. The predicted molar refractivity (Wildman–Crippen MR) is 121 cm³/mol. The maximum absolute atomic E-state index is 13.8. The molecule has 2 N–H and O–H groups in total. The molecule has 1 aliphatic carbocycles. The minimum atomic E-state index is -0.573. The summed E-state index contributed by atoms with van der Waals surface area (Å²) in [6.45, 7) is 1.98. The molecule has 0 spiro atoms. The van der Waals surface area contributed by atoms with Gasteiger partial charge in [0, 0.05) is 33.8 Å². The van der Waals surface area contributed by atoms with Crippen molar-refractivity contribution in [3.8, 4) is 0 Å². The number of nitro groups is 1. The summed E-state index contributed by atoms with van der Waals surface area (Å²) in [6.07, 6.45) is 5.91. The number of benzene rings is 2. The van der Waals surface area contributed by atoms with E-state index in [1.165, 1.54) is 12.1 Å². The second-order valence-corrected chi connectivity index (χ2v) is 9.26. The molecule has 1 aliphatic rings. The molecule has 1 fully saturated rings. The van der Waals surface area contributed by atoms with Crippen LogP contribution in [0.15, 0.2) is 48.7 Å². The van der Waals surface area contributed by atoms with Crippen LogP contribution in [0.3, 0.4) is 0 Å². The molecule has 0 saturated heterocycles. The molecule has 1 atom stereocenters. The van der Waals surface area contributed by atoms with Gasteiger partial charge >= 0.3 is 0 Å². The Bertz CT molecular complexity index is 1130. The number of halogens is 2. The zero-order valence-electron chi connectivity index (χ0n) is 17.4. The summed E-state index contributed by atoms with van der Waals surface area (Å²) >= 11 is 5.94. The fraction of sp³-hybridized carbons (Fsp3) is 0.375. The summed E-state index contributed by atoms with van der Waals surface area (Å²) in [5, 5.41) is 12.7. The molecule has 4 rings (SSSR count). The van der Waals surface area contributed by atoms with Crippen molar-refractivity contribution in [2.45, 2.75) is 50.5 Å². The van der Waals surface area contributed by atoms with Gasteiger partial charge in [-0.25, -0.2) is 4.39 Å². The molecular weight excluding hydrogens is 417 g/mol. The van der Waals surface area contributed by atoms with Crippen molar-refractivity contribution in [2.75, 3.05) is 0 Å². The molecule has 0 amide bonds. The summed E-state index contributed by atoms with van der Waals surface area (Å²) < 4.78 is 13.8. The molecule has 1 heterocycles. The average Bonchev–Trinajstić information content (AvgIpc) is 2.74. The average molecular weight is 442 g/mol. The Hall–Kier alpha value is -2.57. The molecule has 1 unspecified atom stereocenters. The number of hydrogen-bond acceptors (Lipinski definition) is 4. The molecule has 0 bridgehead atoms. The van der Waals surface area contributed by atoms with Crippen molar-refractivity contribution in [3.05, 3.63) is 80.7 Å². The largest absolute Gasteiger partial charge is 0.325 e. The van der Waals surface area contributed by atoms with Crippen LogP contribution in [-0.4, -0.2) is 15.4 Å². The summed E-state index contributed by atoms with van der Waals surface area (Å²) in [4.78, 5) is 15.4. The van der Waals surface area contributed by atoms with Crippen LogP contribution in [0.5, 0.6) is 0 Å². The van der Waals surface area contributed by atoms with Gasteiger partial charge < -0.3 is 5.73 Å². The highest BCUT2D eigenvalue weighted by Gasteiger charge is 2.36. The summed E-state index contributed by atoms with van der Waals surface area (Å²) in [7, 11) is 0. The van der Waals surface area contributed by atoms with Crippen LogP contribution < -0.4 is 5.73 Å². The van der Waals surface area contributed by atoms with Crippen LogP contribution in [0.1, 0.15) is 49.7 Å². The second kappa shape index (κ2) is 8.52. The van der Waals surface area contributed by atoms with Crippen molar-refractivity contribution in [3.63, 3.8) is 0 Å². The Morgan fingerprint density at radius 2 is 1.94 bits per heavy atom. The van der Waals surface area contributed by atoms with E-state index in [0.29, 0.717) is 22.9 Å². The molecular formula is C24H25ClFN3O2. The molecule has 5 nitrogen and oxygen atoms in total. The SMILES string of the molecule is CC(N)(Cc1ccc(Cl)cc1[N+](=O)[O-])C1CCC(c2ccnc3ccc(F)cc23)CC1. The molecule has 3 aromatic rings. The highest BCUT2D eigenvalue weighted by Crippen LogP contribution is 2.42. The number of nitrogens with two attached hydrogens (primary N) is 1. The third-order valence-corrected chi connectivity index (χ3v) is 6.89. The first kappa shape index (κ1) is 21.7. The Kier molecular flexibility index (Phi) is 5.95. The topological polar surface area (TPSA) is 82.0 Å². The summed E-state index contributed by atoms with van der Waals surface area (Å²) in [6, 6.07) is 11.5. The zero-order valence-corrected chi connectivity index (χ0v) is 18.1. The highest BCUT2D eigenvalue weighted by molar-refractivity contribution is 6.30. The van der Waals surface area contributed by atoms with Crippen LogP contribution in [0.25, 0.3) is 10.9 Å². The van der Waals surface area contributed by atoms with Gasteiger partial charge in [-0.3, -0.25) is 15.1 Å². The van der Waals surface area contributed by atoms with Crippen LogP contribution >= 0.6 is 11.6 Å². The first-order valence-electron chi connectivity index (χ1n) is 10.5. The number of nitrogens with zero attached hydrogens (tertiary/aromatic N) is 2. The van der Waals surface area contributed by atoms with Gasteiger partial charge in [0.05, 0.1) is 10.4 Å². The van der Waals surface area contributed by atoms with Crippen molar-refractivity contribution in [1.29, 1.82) is 0 Å². The lowest BCUT2D eigenvalue weighted by Crippen LogP contribution is -2.47. The minimum Gasteiger partial charge on any atom is -0.325 e. The van der Waals surface area contributed by atoms with Crippen LogP contribution in [0.4, 0.5) is 10.1 Å². The van der Waals surface area contributed by atoms with E-state index in [1.807, 2.05) is 13.0 Å². The fourth-order valence-corrected chi connectivity index (χ4v) is 5.14. The van der Waals surface area contributed by atoms with Gasteiger partial charge in [0.15, 0.2) is 0 Å². The number of nitro benzene ring substituents is 1. The van der Waals surface area contributed by atoms with E-state index < -0.39 is 10.5 Å². The van der Waals surface area contributed by atoms with Gasteiger partial charge in [0.2, 0.25) is 0 Å². The number of aromatic nitrogens is 1. The van der Waals surface area contributed by atoms with Crippen LogP contribution in [0.2, 0.25) is 5.02 Å². The van der Waals surface area contributed by atoms with Crippen molar-refractivity contribution < 1.29 is 9.31 Å². The van der Waals surface area contributed by atoms with Crippen molar-refractivity contribution in [1.82, 2.24) is 4.98 Å². The molecule has 0 radical (unpaired) electrons. The van der Waals surface area contributed by atoms with Crippen molar-refractivity contribution in [2.24, 2.45) is 11.7 Å². The first-order chi connectivity index (χ1) is 14.7. The van der Waals surface area contributed by atoms with Crippen LogP contribution in [-0.2, 0) is 6.42 Å². The lowest BCUT2D eigenvalue weighted by atomic mass is 9.69. The standard InChI is InChI=1S/C24H25ClFN3O2/c1-24(27,14-16-4-7-18(25)12-23(16)29(30)31)17-5-2-15(3-6-17)20-10-11-28-22-9-8-19(26)13-21(20)22/h4,7-13,15,17H,2-3,5-6,14,27H2,1H3. The number of hydrogen-bond donors (Lipinski definition) is 1. The zero-order chi connectivity index (χ0) is 22.2.